The number of hydrogen-bond acceptors (Lipinski definition) is 2. The molecule has 4 bridgehead atoms. The zero-order valence-corrected chi connectivity index (χ0v) is 14.9. The minimum atomic E-state index is -0.159. The van der Waals surface area contributed by atoms with Crippen LogP contribution in [0.5, 0.6) is 0 Å². The quantitative estimate of drug-likeness (QED) is 0.851. The molecular formula is C21H30N2O. The number of benzene rings is 1. The lowest BCUT2D eigenvalue weighted by Gasteiger charge is -2.59. The van der Waals surface area contributed by atoms with Crippen LogP contribution in [0, 0.1) is 23.2 Å². The Balaban J connectivity index is 1.38. The van der Waals surface area contributed by atoms with Crippen molar-refractivity contribution in [2.75, 3.05) is 5.32 Å². The molecule has 0 heterocycles. The molecule has 1 aromatic carbocycles. The summed E-state index contributed by atoms with van der Waals surface area (Å²) in [6, 6.07) is 10.0. The van der Waals surface area contributed by atoms with Crippen molar-refractivity contribution in [2.24, 2.45) is 23.2 Å². The third kappa shape index (κ3) is 2.99. The van der Waals surface area contributed by atoms with Crippen molar-refractivity contribution in [2.45, 2.75) is 64.5 Å². The van der Waals surface area contributed by atoms with Crippen molar-refractivity contribution in [1.82, 2.24) is 5.32 Å². The number of para-hydroxylation sites is 1. The Labute approximate surface area is 145 Å². The summed E-state index contributed by atoms with van der Waals surface area (Å²) in [5.41, 5.74) is 1.31. The van der Waals surface area contributed by atoms with E-state index in [1.807, 2.05) is 37.3 Å². The van der Waals surface area contributed by atoms with E-state index in [1.54, 1.807) is 0 Å². The first-order chi connectivity index (χ1) is 11.5. The summed E-state index contributed by atoms with van der Waals surface area (Å²) in [5.74, 6) is 2.93. The van der Waals surface area contributed by atoms with Gasteiger partial charge in [-0.05, 0) is 87.7 Å². The smallest absolute Gasteiger partial charge is 0.241 e. The second kappa shape index (κ2) is 6.18. The molecule has 1 aromatic rings. The molecule has 1 amide bonds. The number of nitrogens with one attached hydrogen (secondary N) is 2. The second-order valence-corrected chi connectivity index (χ2v) is 8.75. The third-order valence-electron chi connectivity index (χ3n) is 6.94. The van der Waals surface area contributed by atoms with Crippen LogP contribution in [0.3, 0.4) is 0 Å². The molecule has 24 heavy (non-hydrogen) atoms. The second-order valence-electron chi connectivity index (χ2n) is 8.75. The number of carbonyl (C=O) groups is 1. The van der Waals surface area contributed by atoms with E-state index >= 15 is 0 Å². The lowest BCUT2D eigenvalue weighted by molar-refractivity contribution is -0.119. The minimum Gasteiger partial charge on any atom is -0.325 e. The van der Waals surface area contributed by atoms with Crippen LogP contribution >= 0.6 is 0 Å². The predicted molar refractivity (Wildman–Crippen MR) is 97.7 cm³/mol. The van der Waals surface area contributed by atoms with Gasteiger partial charge in [0, 0.05) is 11.7 Å². The Hall–Kier alpha value is -1.35. The van der Waals surface area contributed by atoms with Crippen molar-refractivity contribution < 1.29 is 4.79 Å². The molecule has 4 aliphatic carbocycles. The van der Waals surface area contributed by atoms with Crippen molar-refractivity contribution >= 4 is 11.6 Å². The minimum absolute atomic E-state index is 0.0674. The molecule has 4 aliphatic rings. The summed E-state index contributed by atoms with van der Waals surface area (Å²) in [4.78, 5) is 12.5. The first kappa shape index (κ1) is 16.1. The van der Waals surface area contributed by atoms with Crippen LogP contribution in [0.25, 0.3) is 0 Å². The first-order valence-electron chi connectivity index (χ1n) is 9.66. The van der Waals surface area contributed by atoms with E-state index < -0.39 is 0 Å². The fourth-order valence-electron chi connectivity index (χ4n) is 6.11. The lowest BCUT2D eigenvalue weighted by atomic mass is 9.48. The molecule has 3 heteroatoms. The van der Waals surface area contributed by atoms with E-state index in [4.69, 9.17) is 0 Å². The fraction of sp³-hybridized carbons (Fsp3) is 0.667. The van der Waals surface area contributed by atoms with Gasteiger partial charge in [-0.15, -0.1) is 0 Å². The molecule has 2 N–H and O–H groups in total. The summed E-state index contributed by atoms with van der Waals surface area (Å²) in [6.45, 7) is 4.31. The van der Waals surface area contributed by atoms with Crippen LogP contribution in [-0.2, 0) is 4.79 Å². The highest BCUT2D eigenvalue weighted by Gasteiger charge is 2.53. The number of hydrogen-bond donors (Lipinski definition) is 2. The molecule has 0 spiro atoms. The maximum absolute atomic E-state index is 12.5. The normalized spacial score (nSPS) is 36.3. The Morgan fingerprint density at radius 2 is 1.54 bits per heavy atom. The highest BCUT2D eigenvalue weighted by atomic mass is 16.2. The zero-order chi connectivity index (χ0) is 16.7. The molecule has 0 radical (unpaired) electrons. The van der Waals surface area contributed by atoms with Gasteiger partial charge in [0.2, 0.25) is 5.91 Å². The number of carbonyl (C=O) groups excluding carboxylic acids is 1. The topological polar surface area (TPSA) is 41.1 Å². The maximum Gasteiger partial charge on any atom is 0.241 e. The standard InChI is InChI=1S/C21H30N2O/c1-14(20(24)23-19-6-4-3-5-7-19)22-15(2)21-11-16-8-17(12-21)10-18(9-16)13-21/h3-7,14-18,22H,8-13H2,1-2H3,(H,23,24)/t14-,15-,16?,17?,18?,21?/m1/s1. The monoisotopic (exact) mass is 326 g/mol. The summed E-state index contributed by atoms with van der Waals surface area (Å²) in [5, 5.41) is 6.66. The average molecular weight is 326 g/mol. The predicted octanol–water partition coefficient (Wildman–Crippen LogP) is 4.21. The Morgan fingerprint density at radius 3 is 2.08 bits per heavy atom. The van der Waals surface area contributed by atoms with Gasteiger partial charge >= 0.3 is 0 Å². The molecule has 4 saturated carbocycles. The van der Waals surface area contributed by atoms with Gasteiger partial charge in [0.1, 0.15) is 0 Å². The Bertz CT molecular complexity index is 562. The number of anilines is 1. The van der Waals surface area contributed by atoms with Crippen molar-refractivity contribution in [3.05, 3.63) is 30.3 Å². The SMILES string of the molecule is C[C@@H](N[C@H](C)C12CC3CC(CC(C3)C1)C2)C(=O)Nc1ccccc1. The lowest BCUT2D eigenvalue weighted by Crippen LogP contribution is -2.57. The summed E-state index contributed by atoms with van der Waals surface area (Å²) in [6.07, 6.45) is 8.53. The molecular weight excluding hydrogens is 296 g/mol. The van der Waals surface area contributed by atoms with Crippen LogP contribution in [0.1, 0.15) is 52.4 Å². The number of rotatable bonds is 5. The summed E-state index contributed by atoms with van der Waals surface area (Å²) >= 11 is 0. The van der Waals surface area contributed by atoms with Gasteiger partial charge in [-0.1, -0.05) is 18.2 Å². The molecule has 2 atom stereocenters. The van der Waals surface area contributed by atoms with Crippen molar-refractivity contribution in [1.29, 1.82) is 0 Å². The van der Waals surface area contributed by atoms with Gasteiger partial charge in [0.15, 0.2) is 0 Å². The Kier molecular flexibility index (Phi) is 4.16. The van der Waals surface area contributed by atoms with Gasteiger partial charge in [-0.25, -0.2) is 0 Å². The molecule has 0 aromatic heterocycles. The van der Waals surface area contributed by atoms with E-state index in [-0.39, 0.29) is 11.9 Å². The van der Waals surface area contributed by atoms with E-state index in [2.05, 4.69) is 17.6 Å². The van der Waals surface area contributed by atoms with Gasteiger partial charge in [-0.2, -0.15) is 0 Å². The largest absolute Gasteiger partial charge is 0.325 e. The molecule has 130 valence electrons. The summed E-state index contributed by atoms with van der Waals surface area (Å²) in [7, 11) is 0. The first-order valence-corrected chi connectivity index (χ1v) is 9.66. The maximum atomic E-state index is 12.5. The fourth-order valence-corrected chi connectivity index (χ4v) is 6.11. The van der Waals surface area contributed by atoms with E-state index in [0.717, 1.165) is 23.4 Å². The van der Waals surface area contributed by atoms with Crippen molar-refractivity contribution in [3.63, 3.8) is 0 Å². The zero-order valence-electron chi connectivity index (χ0n) is 14.9. The van der Waals surface area contributed by atoms with E-state index in [9.17, 15) is 4.79 Å². The molecule has 0 aliphatic heterocycles. The number of amides is 1. The van der Waals surface area contributed by atoms with Gasteiger partial charge < -0.3 is 10.6 Å². The van der Waals surface area contributed by atoms with Crippen LogP contribution in [0.15, 0.2) is 30.3 Å². The van der Waals surface area contributed by atoms with Gasteiger partial charge in [0.05, 0.1) is 6.04 Å². The van der Waals surface area contributed by atoms with E-state index in [0.29, 0.717) is 11.5 Å². The molecule has 0 saturated heterocycles. The average Bonchev–Trinajstić information content (AvgIpc) is 2.54. The molecule has 4 fully saturated rings. The summed E-state index contributed by atoms with van der Waals surface area (Å²) < 4.78 is 0. The molecule has 3 nitrogen and oxygen atoms in total. The molecule has 0 unspecified atom stereocenters. The third-order valence-corrected chi connectivity index (χ3v) is 6.94. The van der Waals surface area contributed by atoms with Crippen LogP contribution in [0.2, 0.25) is 0 Å². The van der Waals surface area contributed by atoms with Gasteiger partial charge in [-0.3, -0.25) is 4.79 Å². The molecule has 5 rings (SSSR count). The Morgan fingerprint density at radius 1 is 1.00 bits per heavy atom. The van der Waals surface area contributed by atoms with Crippen LogP contribution in [0.4, 0.5) is 5.69 Å². The highest BCUT2D eigenvalue weighted by Crippen LogP contribution is 2.61. The van der Waals surface area contributed by atoms with E-state index in [1.165, 1.54) is 38.5 Å². The highest BCUT2D eigenvalue weighted by molar-refractivity contribution is 5.94. The van der Waals surface area contributed by atoms with Gasteiger partial charge in [0.25, 0.3) is 0 Å². The van der Waals surface area contributed by atoms with Crippen LogP contribution < -0.4 is 10.6 Å². The van der Waals surface area contributed by atoms with Crippen molar-refractivity contribution in [3.8, 4) is 0 Å². The van der Waals surface area contributed by atoms with Crippen LogP contribution in [-0.4, -0.2) is 18.0 Å².